The zero-order valence-corrected chi connectivity index (χ0v) is 55.5. The third kappa shape index (κ3) is 69.5. The van der Waals surface area contributed by atoms with Gasteiger partial charge < -0.3 is 14.2 Å². The molecule has 0 saturated carbocycles. The number of hydrogen-bond acceptors (Lipinski definition) is 6. The molecule has 0 rings (SSSR count). The summed E-state index contributed by atoms with van der Waals surface area (Å²) < 4.78 is 17.0. The predicted molar refractivity (Wildman–Crippen MR) is 362 cm³/mol. The van der Waals surface area contributed by atoms with Crippen molar-refractivity contribution >= 4 is 17.9 Å². The van der Waals surface area contributed by atoms with Gasteiger partial charge in [0.2, 0.25) is 0 Å². The Morgan fingerprint density at radius 2 is 0.470 bits per heavy atom. The highest BCUT2D eigenvalue weighted by atomic mass is 16.6. The SMILES string of the molecule is CC/C=C\C/C=C\C/C=C\C/C=C\CCCCCCCCC(=O)OC(COC(=O)CCCCCCCCC/C=C\C/C=C\CCCCCC)COC(=O)CCCCCCCCCCCCCCCCCCCCCCCCCCCCCC. The van der Waals surface area contributed by atoms with Crippen LogP contribution in [-0.2, 0) is 28.6 Å². The third-order valence-corrected chi connectivity index (χ3v) is 16.2. The monoisotopic (exact) mass is 1160 g/mol. The van der Waals surface area contributed by atoms with Gasteiger partial charge in [-0.05, 0) is 89.9 Å². The molecule has 0 heterocycles. The Labute approximate surface area is 516 Å². The lowest BCUT2D eigenvalue weighted by molar-refractivity contribution is -0.167. The average Bonchev–Trinajstić information content (AvgIpc) is 3.50. The molecule has 6 heteroatoms. The van der Waals surface area contributed by atoms with Gasteiger partial charge in [0.1, 0.15) is 13.2 Å². The molecule has 0 fully saturated rings. The molecular formula is C77H138O6. The number of allylic oxidation sites excluding steroid dienone is 12. The fourth-order valence-corrected chi connectivity index (χ4v) is 10.8. The minimum absolute atomic E-state index is 0.0807. The third-order valence-electron chi connectivity index (χ3n) is 16.2. The van der Waals surface area contributed by atoms with E-state index >= 15 is 0 Å². The zero-order chi connectivity index (χ0) is 59.9. The maximum absolute atomic E-state index is 13.0. The van der Waals surface area contributed by atoms with Crippen molar-refractivity contribution in [1.82, 2.24) is 0 Å². The van der Waals surface area contributed by atoms with Crippen LogP contribution >= 0.6 is 0 Å². The summed E-state index contributed by atoms with van der Waals surface area (Å²) in [5.74, 6) is -0.880. The van der Waals surface area contributed by atoms with Crippen molar-refractivity contribution < 1.29 is 28.6 Å². The molecule has 482 valence electrons. The van der Waals surface area contributed by atoms with Gasteiger partial charge in [0.15, 0.2) is 6.10 Å². The summed E-state index contributed by atoms with van der Waals surface area (Å²) in [6, 6.07) is 0. The number of esters is 3. The van der Waals surface area contributed by atoms with Crippen LogP contribution in [0.1, 0.15) is 380 Å². The standard InChI is InChI=1S/C77H138O6/c1-4-7-10-13-16-19-22-25-28-31-34-35-36-37-38-39-40-41-42-44-46-49-52-55-58-61-64-67-70-76(79)82-73-74(72-81-75(78)69-66-63-60-57-54-51-48-45-33-30-27-24-21-18-15-12-9-6-3)83-77(80)71-68-65-62-59-56-53-50-47-43-32-29-26-23-20-17-14-11-8-5-2/h8,11,17,20-21,24,26,29-30,33,43,47,74H,4-7,9-10,12-16,18-19,22-23,25,27-28,31-32,34-42,44-46,48-73H2,1-3H3/b11-8-,20-17-,24-21-,29-26-,33-30-,47-43-. The van der Waals surface area contributed by atoms with Crippen molar-refractivity contribution in [2.75, 3.05) is 13.2 Å². The number of rotatable bonds is 67. The van der Waals surface area contributed by atoms with Gasteiger partial charge in [-0.25, -0.2) is 0 Å². The van der Waals surface area contributed by atoms with Gasteiger partial charge >= 0.3 is 17.9 Å². The van der Waals surface area contributed by atoms with Crippen molar-refractivity contribution in [2.24, 2.45) is 0 Å². The fourth-order valence-electron chi connectivity index (χ4n) is 10.8. The smallest absolute Gasteiger partial charge is 0.306 e. The van der Waals surface area contributed by atoms with E-state index in [1.54, 1.807) is 0 Å². The molecule has 0 radical (unpaired) electrons. The second kappa shape index (κ2) is 71.3. The molecule has 1 atom stereocenters. The molecule has 0 aliphatic rings. The van der Waals surface area contributed by atoms with Crippen LogP contribution in [0.5, 0.6) is 0 Å². The molecule has 0 bridgehead atoms. The number of ether oxygens (including phenoxy) is 3. The minimum Gasteiger partial charge on any atom is -0.462 e. The largest absolute Gasteiger partial charge is 0.462 e. The van der Waals surface area contributed by atoms with Gasteiger partial charge in [0, 0.05) is 19.3 Å². The molecule has 0 aliphatic carbocycles. The molecular weight excluding hydrogens is 1020 g/mol. The molecule has 0 aliphatic heterocycles. The first-order valence-corrected chi connectivity index (χ1v) is 36.4. The van der Waals surface area contributed by atoms with E-state index in [4.69, 9.17) is 14.2 Å². The summed E-state index contributed by atoms with van der Waals surface area (Å²) in [5, 5.41) is 0. The highest BCUT2D eigenvalue weighted by Gasteiger charge is 2.19. The molecule has 1 unspecified atom stereocenters. The van der Waals surface area contributed by atoms with Gasteiger partial charge in [0.05, 0.1) is 0 Å². The van der Waals surface area contributed by atoms with Crippen LogP contribution in [-0.4, -0.2) is 37.2 Å². The molecule has 0 aromatic heterocycles. The van der Waals surface area contributed by atoms with Gasteiger partial charge in [-0.2, -0.15) is 0 Å². The second-order valence-electron chi connectivity index (χ2n) is 24.5. The Hall–Kier alpha value is -3.15. The van der Waals surface area contributed by atoms with Crippen LogP contribution in [0.15, 0.2) is 72.9 Å². The molecule has 0 spiro atoms. The topological polar surface area (TPSA) is 78.9 Å². The predicted octanol–water partition coefficient (Wildman–Crippen LogP) is 25.2. The van der Waals surface area contributed by atoms with Crippen LogP contribution < -0.4 is 0 Å². The molecule has 0 aromatic rings. The summed E-state index contributed by atoms with van der Waals surface area (Å²) in [5.41, 5.74) is 0. The van der Waals surface area contributed by atoms with E-state index in [0.717, 1.165) is 109 Å². The summed E-state index contributed by atoms with van der Waals surface area (Å²) in [6.45, 7) is 6.56. The van der Waals surface area contributed by atoms with E-state index < -0.39 is 6.10 Å². The number of carbonyl (C=O) groups is 3. The maximum atomic E-state index is 13.0. The lowest BCUT2D eigenvalue weighted by atomic mass is 10.0. The number of hydrogen-bond donors (Lipinski definition) is 0. The van der Waals surface area contributed by atoms with E-state index in [0.29, 0.717) is 19.3 Å². The van der Waals surface area contributed by atoms with E-state index in [1.165, 1.54) is 231 Å². The average molecular weight is 1160 g/mol. The van der Waals surface area contributed by atoms with Crippen molar-refractivity contribution in [3.63, 3.8) is 0 Å². The van der Waals surface area contributed by atoms with E-state index in [-0.39, 0.29) is 31.1 Å². The van der Waals surface area contributed by atoms with Gasteiger partial charge in [-0.1, -0.05) is 344 Å². The van der Waals surface area contributed by atoms with Crippen molar-refractivity contribution in [3.05, 3.63) is 72.9 Å². The molecule has 0 N–H and O–H groups in total. The number of unbranched alkanes of at least 4 members (excludes halogenated alkanes) is 44. The number of carbonyl (C=O) groups excluding carboxylic acids is 3. The zero-order valence-electron chi connectivity index (χ0n) is 55.5. The Bertz CT molecular complexity index is 1520. The molecule has 0 aromatic carbocycles. The van der Waals surface area contributed by atoms with Crippen LogP contribution in [0.2, 0.25) is 0 Å². The van der Waals surface area contributed by atoms with Gasteiger partial charge in [-0.3, -0.25) is 14.4 Å². The summed E-state index contributed by atoms with van der Waals surface area (Å²) in [7, 11) is 0. The molecule has 6 nitrogen and oxygen atoms in total. The highest BCUT2D eigenvalue weighted by molar-refractivity contribution is 5.71. The summed E-state index contributed by atoms with van der Waals surface area (Å²) >= 11 is 0. The molecule has 83 heavy (non-hydrogen) atoms. The lowest BCUT2D eigenvalue weighted by Gasteiger charge is -2.18. The summed E-state index contributed by atoms with van der Waals surface area (Å²) in [4.78, 5) is 38.5. The van der Waals surface area contributed by atoms with Crippen LogP contribution in [0.25, 0.3) is 0 Å². The van der Waals surface area contributed by atoms with E-state index in [9.17, 15) is 14.4 Å². The van der Waals surface area contributed by atoms with Crippen molar-refractivity contribution in [1.29, 1.82) is 0 Å². The summed E-state index contributed by atoms with van der Waals surface area (Å²) in [6.07, 6.45) is 93.7. The fraction of sp³-hybridized carbons (Fsp3) is 0.805. The molecule has 0 amide bonds. The van der Waals surface area contributed by atoms with Crippen LogP contribution in [0.4, 0.5) is 0 Å². The highest BCUT2D eigenvalue weighted by Crippen LogP contribution is 2.18. The Morgan fingerprint density at radius 1 is 0.253 bits per heavy atom. The quantitative estimate of drug-likeness (QED) is 0.0261. The first-order chi connectivity index (χ1) is 41.0. The Balaban J connectivity index is 4.29. The van der Waals surface area contributed by atoms with Crippen LogP contribution in [0.3, 0.4) is 0 Å². The Kier molecular flexibility index (Phi) is 68.6. The van der Waals surface area contributed by atoms with Crippen molar-refractivity contribution in [2.45, 2.75) is 386 Å². The van der Waals surface area contributed by atoms with Crippen LogP contribution in [0, 0.1) is 0 Å². The first-order valence-electron chi connectivity index (χ1n) is 36.4. The maximum Gasteiger partial charge on any atom is 0.306 e. The first kappa shape index (κ1) is 79.8. The van der Waals surface area contributed by atoms with Crippen molar-refractivity contribution in [3.8, 4) is 0 Å². The normalized spacial score (nSPS) is 12.5. The minimum atomic E-state index is -0.788. The van der Waals surface area contributed by atoms with E-state index in [1.807, 2.05) is 0 Å². The lowest BCUT2D eigenvalue weighted by Crippen LogP contribution is -2.30. The van der Waals surface area contributed by atoms with Gasteiger partial charge in [0.25, 0.3) is 0 Å². The second-order valence-corrected chi connectivity index (χ2v) is 24.5. The molecule has 0 saturated heterocycles. The van der Waals surface area contributed by atoms with E-state index in [2.05, 4.69) is 93.7 Å². The Morgan fingerprint density at radius 3 is 0.747 bits per heavy atom. The van der Waals surface area contributed by atoms with Gasteiger partial charge in [-0.15, -0.1) is 0 Å².